The summed E-state index contributed by atoms with van der Waals surface area (Å²) in [5.74, 6) is -1.32. The van der Waals surface area contributed by atoms with Crippen LogP contribution in [-0.2, 0) is 14.3 Å². The monoisotopic (exact) mass is 596 g/mol. The highest BCUT2D eigenvalue weighted by molar-refractivity contribution is 7.18. The van der Waals surface area contributed by atoms with Gasteiger partial charge in [0.05, 0.1) is 21.5 Å². The average molecular weight is 597 g/mol. The molecule has 1 aliphatic heterocycles. The molecule has 2 heterocycles. The van der Waals surface area contributed by atoms with Gasteiger partial charge >= 0.3 is 6.61 Å². The molecule has 0 radical (unpaired) electrons. The molecule has 1 aromatic carbocycles. The first-order valence-electron chi connectivity index (χ1n) is 13.4. The van der Waals surface area contributed by atoms with Gasteiger partial charge in [-0.05, 0) is 49.9 Å². The molecule has 13 heteroatoms. The van der Waals surface area contributed by atoms with Gasteiger partial charge in [-0.25, -0.2) is 0 Å². The smallest absolute Gasteiger partial charge is 0.387 e. The van der Waals surface area contributed by atoms with E-state index in [1.165, 1.54) is 17.0 Å². The van der Waals surface area contributed by atoms with Crippen molar-refractivity contribution in [1.82, 2.24) is 10.2 Å². The van der Waals surface area contributed by atoms with Crippen molar-refractivity contribution in [3.63, 3.8) is 0 Å². The number of halogens is 3. The molecule has 216 valence electrons. The quantitative estimate of drug-likeness (QED) is 0.396. The van der Waals surface area contributed by atoms with Crippen molar-refractivity contribution >= 4 is 52.0 Å². The van der Waals surface area contributed by atoms with E-state index >= 15 is 0 Å². The lowest BCUT2D eigenvalue weighted by molar-refractivity contribution is -0.126. The predicted octanol–water partition coefficient (Wildman–Crippen LogP) is 4.51. The molecule has 0 bridgehead atoms. The van der Waals surface area contributed by atoms with Crippen molar-refractivity contribution in [3.8, 4) is 5.75 Å². The fourth-order valence-electron chi connectivity index (χ4n) is 5.21. The lowest BCUT2D eigenvalue weighted by atomic mass is 9.83. The minimum atomic E-state index is -3.14. The van der Waals surface area contributed by atoms with Gasteiger partial charge in [0.2, 0.25) is 5.91 Å². The van der Waals surface area contributed by atoms with E-state index in [0.717, 1.165) is 49.9 Å². The zero-order valence-corrected chi connectivity index (χ0v) is 23.3. The Kier molecular flexibility index (Phi) is 9.19. The third kappa shape index (κ3) is 6.56. The van der Waals surface area contributed by atoms with Crippen molar-refractivity contribution in [2.75, 3.05) is 36.5 Å². The predicted molar refractivity (Wildman–Crippen MR) is 147 cm³/mol. The zero-order valence-electron chi connectivity index (χ0n) is 21.7. The summed E-state index contributed by atoms with van der Waals surface area (Å²) in [5.41, 5.74) is 0.421. The summed E-state index contributed by atoms with van der Waals surface area (Å²) in [6, 6.07) is 7.30. The Hall–Kier alpha value is -2.80. The molecule has 3 amide bonds. The first kappa shape index (κ1) is 28.7. The van der Waals surface area contributed by atoms with Crippen molar-refractivity contribution in [2.24, 2.45) is 0 Å². The average Bonchev–Trinajstić information content (AvgIpc) is 3.29. The molecule has 2 saturated carbocycles. The molecule has 0 spiro atoms. The van der Waals surface area contributed by atoms with Gasteiger partial charge in [0.1, 0.15) is 12.6 Å². The summed E-state index contributed by atoms with van der Waals surface area (Å²) < 4.78 is 37.1. The van der Waals surface area contributed by atoms with Crippen LogP contribution in [-0.4, -0.2) is 73.7 Å². The number of nitrogens with zero attached hydrogens (tertiary/aromatic N) is 2. The maximum absolute atomic E-state index is 13.8. The van der Waals surface area contributed by atoms with E-state index in [2.05, 4.69) is 15.5 Å². The van der Waals surface area contributed by atoms with Crippen LogP contribution >= 0.6 is 22.9 Å². The fourth-order valence-corrected chi connectivity index (χ4v) is 6.17. The lowest BCUT2D eigenvalue weighted by Crippen LogP contribution is -2.61. The third-order valence-electron chi connectivity index (χ3n) is 7.64. The molecular formula is C27H31ClF2N4O5S. The van der Waals surface area contributed by atoms with E-state index in [-0.39, 0.29) is 55.0 Å². The third-order valence-corrected chi connectivity index (χ3v) is 8.87. The first-order valence-corrected chi connectivity index (χ1v) is 14.6. The molecule has 2 aliphatic carbocycles. The molecule has 3 fully saturated rings. The minimum Gasteiger partial charge on any atom is -0.433 e. The molecule has 0 unspecified atom stereocenters. The first-order chi connectivity index (χ1) is 19.3. The van der Waals surface area contributed by atoms with Gasteiger partial charge in [0, 0.05) is 36.9 Å². The Balaban J connectivity index is 1.38. The molecule has 1 saturated heterocycles. The standard InChI is InChI=1S/C27H31ClF2N4O5S/c28-23-10-9-22(40-23)26(37)31-14-20(34(16-3-1-4-16)17-5-2-6-17)25(36)32-19-8-7-18(13-21(19)39-27(29)30)33-11-12-38-15-24(33)35/h7-10,13,16-17,20,27H,1-6,11-12,14-15H2,(H,31,37)(H,32,36)/t20-/m1/s1. The molecule has 1 atom stereocenters. The number of thiophene rings is 1. The number of nitrogens with one attached hydrogen (secondary N) is 2. The summed E-state index contributed by atoms with van der Waals surface area (Å²) in [5, 5.41) is 5.65. The van der Waals surface area contributed by atoms with Crippen molar-refractivity contribution in [3.05, 3.63) is 39.5 Å². The second-order valence-electron chi connectivity index (χ2n) is 10.1. The zero-order chi connectivity index (χ0) is 28.2. The number of carbonyl (C=O) groups excluding carboxylic acids is 3. The maximum atomic E-state index is 13.8. The second-order valence-corrected chi connectivity index (χ2v) is 11.8. The van der Waals surface area contributed by atoms with Crippen molar-refractivity contribution in [1.29, 1.82) is 0 Å². The van der Waals surface area contributed by atoms with Crippen LogP contribution in [0.4, 0.5) is 20.2 Å². The normalized spacial score (nSPS) is 18.8. The number of hydrogen-bond donors (Lipinski definition) is 2. The van der Waals surface area contributed by atoms with Crippen LogP contribution in [0.1, 0.15) is 48.2 Å². The summed E-state index contributed by atoms with van der Waals surface area (Å²) in [4.78, 5) is 43.0. The van der Waals surface area contributed by atoms with E-state index in [9.17, 15) is 23.2 Å². The largest absolute Gasteiger partial charge is 0.433 e. The minimum absolute atomic E-state index is 0.0403. The fraction of sp³-hybridized carbons (Fsp3) is 0.519. The molecule has 2 N–H and O–H groups in total. The van der Waals surface area contributed by atoms with Gasteiger partial charge in [-0.2, -0.15) is 8.78 Å². The Morgan fingerprint density at radius 1 is 1.15 bits per heavy atom. The lowest BCUT2D eigenvalue weighted by Gasteiger charge is -2.49. The molecule has 1 aromatic heterocycles. The Labute approximate surface area is 239 Å². The number of anilines is 2. The van der Waals surface area contributed by atoms with Crippen LogP contribution < -0.4 is 20.3 Å². The highest BCUT2D eigenvalue weighted by Crippen LogP contribution is 2.37. The number of morpholine rings is 1. The van der Waals surface area contributed by atoms with E-state index in [1.807, 2.05) is 0 Å². The van der Waals surface area contributed by atoms with Gasteiger partial charge in [-0.1, -0.05) is 24.4 Å². The van der Waals surface area contributed by atoms with Crippen LogP contribution in [0.2, 0.25) is 4.34 Å². The van der Waals surface area contributed by atoms with Gasteiger partial charge in [-0.3, -0.25) is 19.3 Å². The Bertz CT molecular complexity index is 1230. The number of benzene rings is 1. The van der Waals surface area contributed by atoms with Crippen molar-refractivity contribution in [2.45, 2.75) is 63.3 Å². The maximum Gasteiger partial charge on any atom is 0.387 e. The van der Waals surface area contributed by atoms with Gasteiger partial charge in [-0.15, -0.1) is 11.3 Å². The molecular weight excluding hydrogens is 566 g/mol. The topological polar surface area (TPSA) is 100 Å². The molecule has 2 aromatic rings. The van der Waals surface area contributed by atoms with Crippen LogP contribution in [0, 0.1) is 0 Å². The number of carbonyl (C=O) groups is 3. The number of ether oxygens (including phenoxy) is 2. The van der Waals surface area contributed by atoms with E-state index in [1.54, 1.807) is 18.2 Å². The summed E-state index contributed by atoms with van der Waals surface area (Å²) in [6.07, 6.45) is 5.95. The Morgan fingerprint density at radius 3 is 2.45 bits per heavy atom. The summed E-state index contributed by atoms with van der Waals surface area (Å²) >= 11 is 7.13. The van der Waals surface area contributed by atoms with Gasteiger partial charge < -0.3 is 25.0 Å². The van der Waals surface area contributed by atoms with Crippen LogP contribution in [0.25, 0.3) is 0 Å². The molecule has 5 rings (SSSR count). The number of alkyl halides is 2. The summed E-state index contributed by atoms with van der Waals surface area (Å²) in [6.45, 7) is -2.61. The van der Waals surface area contributed by atoms with E-state index in [4.69, 9.17) is 21.1 Å². The van der Waals surface area contributed by atoms with Gasteiger partial charge in [0.15, 0.2) is 5.75 Å². The SMILES string of the molecule is O=C(NC[C@H](C(=O)Nc1ccc(N2CCOCC2=O)cc1OC(F)F)N(C1CCC1)C1CCC1)c1ccc(Cl)s1. The van der Waals surface area contributed by atoms with Crippen LogP contribution in [0.3, 0.4) is 0 Å². The molecule has 3 aliphatic rings. The second kappa shape index (κ2) is 12.8. The van der Waals surface area contributed by atoms with E-state index in [0.29, 0.717) is 21.5 Å². The van der Waals surface area contributed by atoms with Crippen LogP contribution in [0.15, 0.2) is 30.3 Å². The highest BCUT2D eigenvalue weighted by atomic mass is 35.5. The van der Waals surface area contributed by atoms with Crippen molar-refractivity contribution < 1.29 is 32.6 Å². The van der Waals surface area contributed by atoms with E-state index < -0.39 is 18.6 Å². The summed E-state index contributed by atoms with van der Waals surface area (Å²) in [7, 11) is 0. The number of rotatable bonds is 11. The highest BCUT2D eigenvalue weighted by Gasteiger charge is 2.41. The molecule has 40 heavy (non-hydrogen) atoms. The number of hydrogen-bond acceptors (Lipinski definition) is 7. The Morgan fingerprint density at radius 2 is 1.88 bits per heavy atom. The van der Waals surface area contributed by atoms with Gasteiger partial charge in [0.25, 0.3) is 11.8 Å². The van der Waals surface area contributed by atoms with Crippen LogP contribution in [0.5, 0.6) is 5.75 Å². The molecule has 9 nitrogen and oxygen atoms in total. The number of amides is 3.